The topological polar surface area (TPSA) is 15.7 Å². The van der Waals surface area contributed by atoms with Crippen LogP contribution in [0.1, 0.15) is 22.3 Å². The molecule has 0 N–H and O–H groups in total. The number of para-hydroxylation sites is 5. The molecule has 3 heterocycles. The third-order valence-electron chi connectivity index (χ3n) is 11.9. The molecule has 0 fully saturated rings. The lowest BCUT2D eigenvalue weighted by Gasteiger charge is -2.45. The maximum atomic E-state index is 6.67. The first-order chi connectivity index (χ1) is 26.3. The van der Waals surface area contributed by atoms with Gasteiger partial charge >= 0.3 is 0 Å². The number of ether oxygens (including phenoxy) is 1. The molecule has 3 nitrogen and oxygen atoms in total. The molecule has 8 aromatic rings. The van der Waals surface area contributed by atoms with Gasteiger partial charge in [0.05, 0.1) is 5.41 Å². The number of benzene rings is 8. The smallest absolute Gasteiger partial charge is 0.252 e. The Kier molecular flexibility index (Phi) is 5.79. The highest BCUT2D eigenvalue weighted by molar-refractivity contribution is 7.00. The van der Waals surface area contributed by atoms with Crippen molar-refractivity contribution in [2.45, 2.75) is 5.41 Å². The molecule has 0 aromatic heterocycles. The van der Waals surface area contributed by atoms with Crippen molar-refractivity contribution in [3.05, 3.63) is 210 Å². The normalized spacial score (nSPS) is 14.6. The van der Waals surface area contributed by atoms with Crippen molar-refractivity contribution in [2.75, 3.05) is 9.80 Å². The Morgan fingerprint density at radius 1 is 0.377 bits per heavy atom. The molecule has 53 heavy (non-hydrogen) atoms. The molecule has 0 atom stereocenters. The minimum Gasteiger partial charge on any atom is -0.457 e. The fraction of sp³-hybridized carbons (Fsp3) is 0.0204. The van der Waals surface area contributed by atoms with Crippen molar-refractivity contribution < 1.29 is 4.74 Å². The summed E-state index contributed by atoms with van der Waals surface area (Å²) in [6.07, 6.45) is 0. The molecule has 4 aliphatic rings. The van der Waals surface area contributed by atoms with Gasteiger partial charge in [-0.15, -0.1) is 0 Å². The van der Waals surface area contributed by atoms with Gasteiger partial charge in [-0.2, -0.15) is 0 Å². The van der Waals surface area contributed by atoms with Crippen molar-refractivity contribution in [1.29, 1.82) is 0 Å². The zero-order valence-electron chi connectivity index (χ0n) is 28.8. The van der Waals surface area contributed by atoms with E-state index in [4.69, 9.17) is 4.74 Å². The molecule has 1 aliphatic carbocycles. The number of hydrogen-bond donors (Lipinski definition) is 0. The number of rotatable bonds is 2. The molecule has 12 rings (SSSR count). The first-order valence-corrected chi connectivity index (χ1v) is 18.4. The molecule has 246 valence electrons. The maximum absolute atomic E-state index is 6.67. The number of fused-ring (bicyclic) bond motifs is 13. The SMILES string of the molecule is c1ccc(N2c3ccccc3B3c4cc5c(cc4N(c4ccccc4)c4cccc2c43)C2(c3ccccc3Oc3ccccc32)c2ccccc2-5)cc1. The molecule has 0 saturated heterocycles. The van der Waals surface area contributed by atoms with Crippen LogP contribution in [0, 0.1) is 0 Å². The van der Waals surface area contributed by atoms with Gasteiger partial charge in [0.25, 0.3) is 6.71 Å². The summed E-state index contributed by atoms with van der Waals surface area (Å²) in [4.78, 5) is 4.96. The standard InChI is InChI=1S/C49H31BN2O/c1-3-16-32(17-4-1)51-42-25-12-11-24-40(42)50-41-30-35-34-20-7-8-21-36(34)49(37-22-9-13-28-46(37)53-47-29-14-10-23-38(47)49)39(35)31-45(41)52(33-18-5-2-6-19-33)44-27-15-26-43(51)48(44)50/h1-31H. The molecule has 0 bridgehead atoms. The average molecular weight is 675 g/mol. The van der Waals surface area contributed by atoms with Crippen molar-refractivity contribution in [3.8, 4) is 22.6 Å². The molecule has 8 aromatic carbocycles. The fourth-order valence-corrected chi connectivity index (χ4v) is 9.94. The summed E-state index contributed by atoms with van der Waals surface area (Å²) in [6.45, 7) is 0.0376. The minimum absolute atomic E-state index is 0.0376. The average Bonchev–Trinajstić information content (AvgIpc) is 3.50. The molecule has 0 unspecified atom stereocenters. The van der Waals surface area contributed by atoms with E-state index in [0.717, 1.165) is 22.9 Å². The first kappa shape index (κ1) is 28.9. The highest BCUT2D eigenvalue weighted by Gasteiger charge is 2.53. The molecule has 4 heteroatoms. The van der Waals surface area contributed by atoms with Crippen LogP contribution in [0.4, 0.5) is 34.1 Å². The van der Waals surface area contributed by atoms with Gasteiger partial charge in [0.2, 0.25) is 0 Å². The van der Waals surface area contributed by atoms with Gasteiger partial charge in [-0.05, 0) is 99.3 Å². The number of nitrogens with zero attached hydrogens (tertiary/aromatic N) is 2. The zero-order valence-corrected chi connectivity index (χ0v) is 28.8. The van der Waals surface area contributed by atoms with Crippen LogP contribution in [0.3, 0.4) is 0 Å². The summed E-state index contributed by atoms with van der Waals surface area (Å²) >= 11 is 0. The molecule has 1 spiro atoms. The predicted octanol–water partition coefficient (Wildman–Crippen LogP) is 10.2. The number of anilines is 6. The second-order valence-corrected chi connectivity index (χ2v) is 14.4. The van der Waals surface area contributed by atoms with E-state index in [2.05, 4.69) is 198 Å². The Labute approximate surface area is 309 Å². The summed E-state index contributed by atoms with van der Waals surface area (Å²) in [5.74, 6) is 1.81. The second kappa shape index (κ2) is 10.6. The lowest BCUT2D eigenvalue weighted by atomic mass is 9.33. The van der Waals surface area contributed by atoms with E-state index in [9.17, 15) is 0 Å². The van der Waals surface area contributed by atoms with E-state index in [1.165, 1.54) is 72.5 Å². The van der Waals surface area contributed by atoms with Crippen LogP contribution in [0.2, 0.25) is 0 Å². The van der Waals surface area contributed by atoms with Crippen molar-refractivity contribution >= 4 is 57.2 Å². The van der Waals surface area contributed by atoms with Crippen LogP contribution in [0.5, 0.6) is 11.5 Å². The molecular formula is C49H31BN2O. The third-order valence-corrected chi connectivity index (χ3v) is 11.9. The molecular weight excluding hydrogens is 643 g/mol. The monoisotopic (exact) mass is 674 g/mol. The second-order valence-electron chi connectivity index (χ2n) is 14.4. The molecule has 0 radical (unpaired) electrons. The van der Waals surface area contributed by atoms with Gasteiger partial charge < -0.3 is 14.5 Å². The Bertz CT molecular complexity index is 2750. The zero-order chi connectivity index (χ0) is 34.7. The highest BCUT2D eigenvalue weighted by Crippen LogP contribution is 2.62. The summed E-state index contributed by atoms with van der Waals surface area (Å²) in [6, 6.07) is 68.9. The van der Waals surface area contributed by atoms with Crippen LogP contribution in [-0.2, 0) is 5.41 Å². The Morgan fingerprint density at radius 2 is 0.906 bits per heavy atom. The van der Waals surface area contributed by atoms with E-state index in [0.29, 0.717) is 0 Å². The molecule has 0 amide bonds. The van der Waals surface area contributed by atoms with Gasteiger partial charge in [-0.1, -0.05) is 127 Å². The Morgan fingerprint density at radius 3 is 1.58 bits per heavy atom. The van der Waals surface area contributed by atoms with E-state index >= 15 is 0 Å². The Hall–Kier alpha value is -6.78. The summed E-state index contributed by atoms with van der Waals surface area (Å²) < 4.78 is 6.67. The van der Waals surface area contributed by atoms with Gasteiger partial charge in [0.1, 0.15) is 11.5 Å². The summed E-state index contributed by atoms with van der Waals surface area (Å²) in [7, 11) is 0. The minimum atomic E-state index is -0.550. The molecule has 3 aliphatic heterocycles. The highest BCUT2D eigenvalue weighted by atomic mass is 16.5. The largest absolute Gasteiger partial charge is 0.457 e. The molecule has 0 saturated carbocycles. The van der Waals surface area contributed by atoms with Crippen LogP contribution < -0.4 is 30.9 Å². The van der Waals surface area contributed by atoms with E-state index in [1.54, 1.807) is 0 Å². The van der Waals surface area contributed by atoms with E-state index in [1.807, 2.05) is 0 Å². The van der Waals surface area contributed by atoms with Gasteiger partial charge in [0, 0.05) is 45.3 Å². The number of hydrogen-bond acceptors (Lipinski definition) is 3. The van der Waals surface area contributed by atoms with Crippen molar-refractivity contribution in [2.24, 2.45) is 0 Å². The van der Waals surface area contributed by atoms with Gasteiger partial charge in [-0.25, -0.2) is 0 Å². The van der Waals surface area contributed by atoms with E-state index < -0.39 is 5.41 Å². The lowest BCUT2D eigenvalue weighted by Crippen LogP contribution is -2.61. The van der Waals surface area contributed by atoms with E-state index in [-0.39, 0.29) is 6.71 Å². The Balaban J connectivity index is 1.22. The fourth-order valence-electron chi connectivity index (χ4n) is 9.94. The first-order valence-electron chi connectivity index (χ1n) is 18.4. The van der Waals surface area contributed by atoms with Gasteiger partial charge in [-0.3, -0.25) is 0 Å². The predicted molar refractivity (Wildman–Crippen MR) is 218 cm³/mol. The summed E-state index contributed by atoms with van der Waals surface area (Å²) in [5.41, 5.74) is 18.0. The van der Waals surface area contributed by atoms with Crippen molar-refractivity contribution in [1.82, 2.24) is 0 Å². The van der Waals surface area contributed by atoms with Crippen LogP contribution in [0.25, 0.3) is 11.1 Å². The van der Waals surface area contributed by atoms with Gasteiger partial charge in [0.15, 0.2) is 0 Å². The summed E-state index contributed by atoms with van der Waals surface area (Å²) in [5, 5.41) is 0. The van der Waals surface area contributed by atoms with Crippen LogP contribution in [0.15, 0.2) is 188 Å². The van der Waals surface area contributed by atoms with Crippen molar-refractivity contribution in [3.63, 3.8) is 0 Å². The maximum Gasteiger partial charge on any atom is 0.252 e. The van der Waals surface area contributed by atoms with Crippen LogP contribution >= 0.6 is 0 Å². The third kappa shape index (κ3) is 3.69. The lowest BCUT2D eigenvalue weighted by molar-refractivity contribution is 0.436. The van der Waals surface area contributed by atoms with Crippen LogP contribution in [-0.4, -0.2) is 6.71 Å². The quantitative estimate of drug-likeness (QED) is 0.170.